The molecule has 0 unspecified atom stereocenters. The molecule has 14 heavy (non-hydrogen) atoms. The molecule has 0 spiro atoms. The van der Waals surface area contributed by atoms with E-state index < -0.39 is 5.97 Å². The van der Waals surface area contributed by atoms with Crippen molar-refractivity contribution in [1.29, 1.82) is 0 Å². The standard InChI is InChI=1S/C10H11BrO3/c1-5-6(2)9(12)7(4-8(5)11)10(13)14-3/h4,12H,1-3H3. The molecule has 0 bridgehead atoms. The fraction of sp³-hybridized carbons (Fsp3) is 0.300. The lowest BCUT2D eigenvalue weighted by Gasteiger charge is -2.09. The largest absolute Gasteiger partial charge is 0.507 e. The maximum atomic E-state index is 11.2. The average Bonchev–Trinajstić information content (AvgIpc) is 2.19. The van der Waals surface area contributed by atoms with E-state index in [9.17, 15) is 9.90 Å². The highest BCUT2D eigenvalue weighted by Gasteiger charge is 2.16. The number of carbonyl (C=O) groups is 1. The second kappa shape index (κ2) is 4.00. The van der Waals surface area contributed by atoms with Crippen molar-refractivity contribution in [1.82, 2.24) is 0 Å². The van der Waals surface area contributed by atoms with Gasteiger partial charge in [0.05, 0.1) is 7.11 Å². The number of hydrogen-bond acceptors (Lipinski definition) is 3. The first-order chi connectivity index (χ1) is 6.49. The van der Waals surface area contributed by atoms with E-state index in [4.69, 9.17) is 0 Å². The Morgan fingerprint density at radius 3 is 2.50 bits per heavy atom. The van der Waals surface area contributed by atoms with E-state index in [1.165, 1.54) is 7.11 Å². The molecule has 3 nitrogen and oxygen atoms in total. The summed E-state index contributed by atoms with van der Waals surface area (Å²) in [5.41, 5.74) is 1.78. The lowest BCUT2D eigenvalue weighted by atomic mass is 10.0. The van der Waals surface area contributed by atoms with Crippen LogP contribution in [0.15, 0.2) is 10.5 Å². The number of phenols is 1. The third kappa shape index (κ3) is 1.75. The maximum absolute atomic E-state index is 11.2. The molecule has 0 atom stereocenters. The Morgan fingerprint density at radius 1 is 1.43 bits per heavy atom. The number of aromatic hydroxyl groups is 1. The van der Waals surface area contributed by atoms with E-state index >= 15 is 0 Å². The van der Waals surface area contributed by atoms with Crippen LogP contribution in [-0.4, -0.2) is 18.2 Å². The van der Waals surface area contributed by atoms with Crippen molar-refractivity contribution < 1.29 is 14.6 Å². The van der Waals surface area contributed by atoms with Crippen LogP contribution in [0.2, 0.25) is 0 Å². The normalized spacial score (nSPS) is 10.0. The van der Waals surface area contributed by atoms with Gasteiger partial charge in [-0.1, -0.05) is 15.9 Å². The first kappa shape index (κ1) is 11.0. The van der Waals surface area contributed by atoms with Crippen molar-refractivity contribution in [2.75, 3.05) is 7.11 Å². The summed E-state index contributed by atoms with van der Waals surface area (Å²) in [5, 5.41) is 9.68. The van der Waals surface area contributed by atoms with E-state index in [1.807, 2.05) is 6.92 Å². The SMILES string of the molecule is COC(=O)c1cc(Br)c(C)c(C)c1O. The number of carbonyl (C=O) groups excluding carboxylic acids is 1. The highest BCUT2D eigenvalue weighted by Crippen LogP contribution is 2.31. The number of esters is 1. The summed E-state index contributed by atoms with van der Waals surface area (Å²) in [5.74, 6) is -0.552. The quantitative estimate of drug-likeness (QED) is 0.788. The number of ether oxygens (including phenoxy) is 1. The van der Waals surface area contributed by atoms with Crippen LogP contribution >= 0.6 is 15.9 Å². The Morgan fingerprint density at radius 2 is 2.00 bits per heavy atom. The molecule has 1 N–H and O–H groups in total. The summed E-state index contributed by atoms with van der Waals surface area (Å²) < 4.78 is 5.33. The minimum absolute atomic E-state index is 0.0162. The summed E-state index contributed by atoms with van der Waals surface area (Å²) in [7, 11) is 1.28. The third-order valence-electron chi connectivity index (χ3n) is 2.21. The lowest BCUT2D eigenvalue weighted by molar-refractivity contribution is 0.0597. The van der Waals surface area contributed by atoms with Gasteiger partial charge in [0.2, 0.25) is 0 Å². The van der Waals surface area contributed by atoms with Crippen molar-refractivity contribution in [2.45, 2.75) is 13.8 Å². The van der Waals surface area contributed by atoms with E-state index in [0.717, 1.165) is 10.0 Å². The molecule has 0 aliphatic rings. The van der Waals surface area contributed by atoms with Gasteiger partial charge in [-0.2, -0.15) is 0 Å². The van der Waals surface area contributed by atoms with Crippen molar-refractivity contribution in [3.63, 3.8) is 0 Å². The molecule has 0 radical (unpaired) electrons. The van der Waals surface area contributed by atoms with E-state index in [2.05, 4.69) is 20.7 Å². The molecule has 0 amide bonds. The van der Waals surface area contributed by atoms with Crippen LogP contribution in [0, 0.1) is 13.8 Å². The summed E-state index contributed by atoms with van der Waals surface area (Å²) in [6.45, 7) is 3.61. The second-order valence-electron chi connectivity index (χ2n) is 3.00. The van der Waals surface area contributed by atoms with E-state index in [-0.39, 0.29) is 11.3 Å². The van der Waals surface area contributed by atoms with Gasteiger partial charge in [-0.05, 0) is 31.0 Å². The summed E-state index contributed by atoms with van der Waals surface area (Å²) >= 11 is 3.31. The zero-order valence-electron chi connectivity index (χ0n) is 8.22. The molecule has 0 saturated heterocycles. The van der Waals surface area contributed by atoms with Gasteiger partial charge in [-0.15, -0.1) is 0 Å². The fourth-order valence-electron chi connectivity index (χ4n) is 1.13. The van der Waals surface area contributed by atoms with Crippen molar-refractivity contribution in [3.05, 3.63) is 27.2 Å². The van der Waals surface area contributed by atoms with Crippen molar-refractivity contribution >= 4 is 21.9 Å². The smallest absolute Gasteiger partial charge is 0.341 e. The molecule has 0 aliphatic heterocycles. The second-order valence-corrected chi connectivity index (χ2v) is 3.85. The van der Waals surface area contributed by atoms with Crippen LogP contribution in [-0.2, 0) is 4.74 Å². The van der Waals surface area contributed by atoms with Gasteiger partial charge >= 0.3 is 5.97 Å². The van der Waals surface area contributed by atoms with Gasteiger partial charge in [-0.3, -0.25) is 0 Å². The zero-order valence-corrected chi connectivity index (χ0v) is 9.81. The number of methoxy groups -OCH3 is 1. The fourth-order valence-corrected chi connectivity index (χ4v) is 1.65. The Bertz CT molecular complexity index is 385. The Labute approximate surface area is 90.8 Å². The first-order valence-electron chi connectivity index (χ1n) is 4.06. The molecule has 1 aromatic carbocycles. The minimum Gasteiger partial charge on any atom is -0.507 e. The zero-order chi connectivity index (χ0) is 10.9. The molecule has 1 rings (SSSR count). The summed E-state index contributed by atoms with van der Waals surface area (Å²) in [6, 6.07) is 1.56. The summed E-state index contributed by atoms with van der Waals surface area (Å²) in [6.07, 6.45) is 0. The van der Waals surface area contributed by atoms with Crippen molar-refractivity contribution in [2.24, 2.45) is 0 Å². The molecule has 0 saturated carbocycles. The maximum Gasteiger partial charge on any atom is 0.341 e. The number of rotatable bonds is 1. The predicted octanol–water partition coefficient (Wildman–Crippen LogP) is 2.56. The monoisotopic (exact) mass is 258 g/mol. The molecular formula is C10H11BrO3. The van der Waals surface area contributed by atoms with E-state index in [1.54, 1.807) is 13.0 Å². The Kier molecular flexibility index (Phi) is 3.16. The van der Waals surface area contributed by atoms with Gasteiger partial charge < -0.3 is 9.84 Å². The third-order valence-corrected chi connectivity index (χ3v) is 3.03. The Balaban J connectivity index is 3.40. The Hall–Kier alpha value is -1.03. The van der Waals surface area contributed by atoms with Crippen LogP contribution in [0.1, 0.15) is 21.5 Å². The molecular weight excluding hydrogens is 248 g/mol. The average molecular weight is 259 g/mol. The predicted molar refractivity (Wildman–Crippen MR) is 56.6 cm³/mol. The molecule has 0 fully saturated rings. The van der Waals surface area contributed by atoms with Gasteiger partial charge in [0.1, 0.15) is 11.3 Å². The van der Waals surface area contributed by atoms with Crippen LogP contribution in [0.25, 0.3) is 0 Å². The van der Waals surface area contributed by atoms with Gasteiger partial charge in [0, 0.05) is 4.47 Å². The minimum atomic E-state index is -0.536. The topological polar surface area (TPSA) is 46.5 Å². The highest BCUT2D eigenvalue weighted by atomic mass is 79.9. The van der Waals surface area contributed by atoms with Crippen molar-refractivity contribution in [3.8, 4) is 5.75 Å². The van der Waals surface area contributed by atoms with Crippen LogP contribution in [0.4, 0.5) is 0 Å². The molecule has 4 heteroatoms. The number of hydrogen-bond donors (Lipinski definition) is 1. The molecule has 1 aromatic rings. The molecule has 0 heterocycles. The molecule has 76 valence electrons. The van der Waals surface area contributed by atoms with Crippen LogP contribution < -0.4 is 0 Å². The van der Waals surface area contributed by atoms with Gasteiger partial charge in [-0.25, -0.2) is 4.79 Å². The number of benzene rings is 1. The highest BCUT2D eigenvalue weighted by molar-refractivity contribution is 9.10. The van der Waals surface area contributed by atoms with Gasteiger partial charge in [0.15, 0.2) is 0 Å². The first-order valence-corrected chi connectivity index (χ1v) is 4.85. The summed E-state index contributed by atoms with van der Waals surface area (Å²) in [4.78, 5) is 11.2. The van der Waals surface area contributed by atoms with Crippen LogP contribution in [0.5, 0.6) is 5.75 Å². The van der Waals surface area contributed by atoms with Gasteiger partial charge in [0.25, 0.3) is 0 Å². The molecule has 0 aliphatic carbocycles. The lowest BCUT2D eigenvalue weighted by Crippen LogP contribution is -2.03. The van der Waals surface area contributed by atoms with Crippen LogP contribution in [0.3, 0.4) is 0 Å². The number of halogens is 1. The van der Waals surface area contributed by atoms with E-state index in [0.29, 0.717) is 5.56 Å². The molecule has 0 aromatic heterocycles. The number of phenolic OH excluding ortho intramolecular Hbond substituents is 1.